The van der Waals surface area contributed by atoms with E-state index < -0.39 is 5.91 Å². The fourth-order valence-corrected chi connectivity index (χ4v) is 2.50. The quantitative estimate of drug-likeness (QED) is 0.649. The van der Waals surface area contributed by atoms with Crippen molar-refractivity contribution in [2.75, 3.05) is 7.11 Å². The van der Waals surface area contributed by atoms with E-state index in [1.807, 2.05) is 0 Å². The van der Waals surface area contributed by atoms with Gasteiger partial charge in [0, 0.05) is 21.7 Å². The average molecular weight is 353 g/mol. The number of phenols is 1. The van der Waals surface area contributed by atoms with Crippen molar-refractivity contribution in [2.45, 2.75) is 6.92 Å². The number of nitrogens with one attached hydrogen (secondary N) is 1. The van der Waals surface area contributed by atoms with Gasteiger partial charge in [-0.2, -0.15) is 5.10 Å². The Hall–Kier alpha value is -2.24. The third-order valence-electron chi connectivity index (χ3n) is 3.18. The number of benzene rings is 2. The molecule has 0 fully saturated rings. The third kappa shape index (κ3) is 3.94. The predicted molar refractivity (Wildman–Crippen MR) is 90.9 cm³/mol. The topological polar surface area (TPSA) is 70.9 Å². The fourth-order valence-electron chi connectivity index (χ4n) is 1.99. The number of aromatic hydroxyl groups is 1. The van der Waals surface area contributed by atoms with Gasteiger partial charge in [-0.05, 0) is 31.2 Å². The smallest absolute Gasteiger partial charge is 0.271 e. The van der Waals surface area contributed by atoms with Crippen LogP contribution in [0.1, 0.15) is 21.5 Å². The van der Waals surface area contributed by atoms with E-state index in [4.69, 9.17) is 27.9 Å². The highest BCUT2D eigenvalue weighted by atomic mass is 35.5. The van der Waals surface area contributed by atoms with Crippen LogP contribution in [0.3, 0.4) is 0 Å². The van der Waals surface area contributed by atoms with Crippen LogP contribution in [0.5, 0.6) is 11.5 Å². The maximum atomic E-state index is 12.1. The molecule has 120 valence electrons. The molecule has 0 aliphatic rings. The molecular formula is C16H14Cl2N2O3. The molecule has 0 unspecified atom stereocenters. The van der Waals surface area contributed by atoms with Crippen molar-refractivity contribution in [3.05, 3.63) is 57.1 Å². The molecular weight excluding hydrogens is 339 g/mol. The number of methoxy groups -OCH3 is 1. The number of carbonyl (C=O) groups is 1. The van der Waals surface area contributed by atoms with Crippen LogP contribution in [-0.2, 0) is 0 Å². The summed E-state index contributed by atoms with van der Waals surface area (Å²) in [7, 11) is 1.54. The van der Waals surface area contributed by atoms with Gasteiger partial charge in [-0.1, -0.05) is 29.3 Å². The maximum Gasteiger partial charge on any atom is 0.271 e. The van der Waals surface area contributed by atoms with Crippen LogP contribution in [0.25, 0.3) is 0 Å². The van der Waals surface area contributed by atoms with Gasteiger partial charge < -0.3 is 9.84 Å². The number of hydrogen-bond acceptors (Lipinski definition) is 4. The molecule has 0 saturated heterocycles. The SMILES string of the molecule is COc1cccc(C(=O)NN=Cc2cc(Cl)cc(Cl)c2O)c1C. The maximum absolute atomic E-state index is 12.1. The highest BCUT2D eigenvalue weighted by Crippen LogP contribution is 2.30. The summed E-state index contributed by atoms with van der Waals surface area (Å²) in [5.74, 6) is 0.0535. The first-order valence-electron chi connectivity index (χ1n) is 6.59. The largest absolute Gasteiger partial charge is 0.506 e. The van der Waals surface area contributed by atoms with Gasteiger partial charge in [-0.3, -0.25) is 4.79 Å². The van der Waals surface area contributed by atoms with Crippen molar-refractivity contribution >= 4 is 35.3 Å². The molecule has 1 amide bonds. The van der Waals surface area contributed by atoms with Gasteiger partial charge in [0.15, 0.2) is 0 Å². The number of nitrogens with zero attached hydrogens (tertiary/aromatic N) is 1. The van der Waals surface area contributed by atoms with E-state index in [9.17, 15) is 9.90 Å². The van der Waals surface area contributed by atoms with Crippen LogP contribution in [0.15, 0.2) is 35.4 Å². The Labute approximate surface area is 143 Å². The normalized spacial score (nSPS) is 10.8. The number of hydrazone groups is 1. The van der Waals surface area contributed by atoms with Crippen LogP contribution >= 0.6 is 23.2 Å². The Kier molecular flexibility index (Phi) is 5.47. The summed E-state index contributed by atoms with van der Waals surface area (Å²) >= 11 is 11.7. The summed E-state index contributed by atoms with van der Waals surface area (Å²) in [5, 5.41) is 14.1. The fraction of sp³-hybridized carbons (Fsp3) is 0.125. The summed E-state index contributed by atoms with van der Waals surface area (Å²) < 4.78 is 5.17. The highest BCUT2D eigenvalue weighted by molar-refractivity contribution is 6.36. The first kappa shape index (κ1) is 17.1. The summed E-state index contributed by atoms with van der Waals surface area (Å²) in [6.07, 6.45) is 1.26. The monoisotopic (exact) mass is 352 g/mol. The Morgan fingerprint density at radius 2 is 2.09 bits per heavy atom. The lowest BCUT2D eigenvalue weighted by molar-refractivity contribution is 0.0954. The van der Waals surface area contributed by atoms with Crippen molar-refractivity contribution in [1.82, 2.24) is 5.43 Å². The first-order valence-corrected chi connectivity index (χ1v) is 7.34. The Balaban J connectivity index is 2.17. The van der Waals surface area contributed by atoms with Crippen LogP contribution in [0.4, 0.5) is 0 Å². The minimum atomic E-state index is -0.398. The molecule has 0 aromatic heterocycles. The van der Waals surface area contributed by atoms with E-state index in [0.717, 1.165) is 0 Å². The van der Waals surface area contributed by atoms with Gasteiger partial charge in [0.25, 0.3) is 5.91 Å². The minimum absolute atomic E-state index is 0.105. The van der Waals surface area contributed by atoms with Gasteiger partial charge >= 0.3 is 0 Å². The van der Waals surface area contributed by atoms with E-state index in [-0.39, 0.29) is 10.8 Å². The Bertz CT molecular complexity index is 776. The number of amides is 1. The lowest BCUT2D eigenvalue weighted by Gasteiger charge is -2.08. The summed E-state index contributed by atoms with van der Waals surface area (Å²) in [6, 6.07) is 8.04. The number of carbonyl (C=O) groups excluding carboxylic acids is 1. The second kappa shape index (κ2) is 7.35. The molecule has 0 atom stereocenters. The Morgan fingerprint density at radius 3 is 2.78 bits per heavy atom. The lowest BCUT2D eigenvalue weighted by atomic mass is 10.1. The van der Waals surface area contributed by atoms with Gasteiger partial charge in [0.05, 0.1) is 18.3 Å². The lowest BCUT2D eigenvalue weighted by Crippen LogP contribution is -2.19. The number of rotatable bonds is 4. The molecule has 2 aromatic rings. The molecule has 0 aliphatic carbocycles. The average Bonchev–Trinajstić information content (AvgIpc) is 2.52. The molecule has 2 rings (SSSR count). The number of phenolic OH excluding ortho intramolecular Hbond substituents is 1. The second-order valence-corrected chi connectivity index (χ2v) is 5.50. The zero-order valence-electron chi connectivity index (χ0n) is 12.4. The first-order chi connectivity index (χ1) is 10.9. The summed E-state index contributed by atoms with van der Waals surface area (Å²) in [4.78, 5) is 12.1. The minimum Gasteiger partial charge on any atom is -0.506 e. The van der Waals surface area contributed by atoms with Crippen LogP contribution < -0.4 is 10.2 Å². The molecule has 2 N–H and O–H groups in total. The van der Waals surface area contributed by atoms with Crippen molar-refractivity contribution in [1.29, 1.82) is 0 Å². The van der Waals surface area contributed by atoms with Crippen LogP contribution in [0, 0.1) is 6.92 Å². The van der Waals surface area contributed by atoms with E-state index in [0.29, 0.717) is 27.5 Å². The molecule has 0 heterocycles. The predicted octanol–water partition coefficient (Wildman–Crippen LogP) is 3.78. The van der Waals surface area contributed by atoms with E-state index >= 15 is 0 Å². The van der Waals surface area contributed by atoms with Crippen molar-refractivity contribution < 1.29 is 14.6 Å². The van der Waals surface area contributed by atoms with Crippen LogP contribution in [-0.4, -0.2) is 24.3 Å². The molecule has 0 saturated carbocycles. The van der Waals surface area contributed by atoms with E-state index in [1.54, 1.807) is 25.1 Å². The highest BCUT2D eigenvalue weighted by Gasteiger charge is 2.11. The third-order valence-corrected chi connectivity index (χ3v) is 3.68. The molecule has 23 heavy (non-hydrogen) atoms. The molecule has 5 nitrogen and oxygen atoms in total. The van der Waals surface area contributed by atoms with Gasteiger partial charge in [-0.25, -0.2) is 5.43 Å². The molecule has 0 spiro atoms. The standard InChI is InChI=1S/C16H14Cl2N2O3/c1-9-12(4-3-5-14(9)23-2)16(22)20-19-8-10-6-11(17)7-13(18)15(10)21/h3-8,21H,1-2H3,(H,20,22). The van der Waals surface area contributed by atoms with Gasteiger partial charge in [-0.15, -0.1) is 0 Å². The zero-order valence-corrected chi connectivity index (χ0v) is 13.9. The molecule has 0 radical (unpaired) electrons. The Morgan fingerprint density at radius 1 is 1.35 bits per heavy atom. The van der Waals surface area contributed by atoms with Crippen molar-refractivity contribution in [3.63, 3.8) is 0 Å². The van der Waals surface area contributed by atoms with Crippen molar-refractivity contribution in [3.8, 4) is 11.5 Å². The molecule has 0 bridgehead atoms. The molecule has 0 aliphatic heterocycles. The molecule has 7 heteroatoms. The van der Waals surface area contributed by atoms with E-state index in [1.165, 1.54) is 25.5 Å². The van der Waals surface area contributed by atoms with Crippen molar-refractivity contribution in [2.24, 2.45) is 5.10 Å². The number of ether oxygens (including phenoxy) is 1. The summed E-state index contributed by atoms with van der Waals surface area (Å²) in [6.45, 7) is 1.78. The van der Waals surface area contributed by atoms with E-state index in [2.05, 4.69) is 10.5 Å². The number of hydrogen-bond donors (Lipinski definition) is 2. The van der Waals surface area contributed by atoms with Crippen LogP contribution in [0.2, 0.25) is 10.0 Å². The summed E-state index contributed by atoms with van der Waals surface area (Å²) in [5.41, 5.74) is 3.82. The molecule has 2 aromatic carbocycles. The number of halogens is 2. The van der Waals surface area contributed by atoms with Gasteiger partial charge in [0.1, 0.15) is 11.5 Å². The van der Waals surface area contributed by atoms with Gasteiger partial charge in [0.2, 0.25) is 0 Å². The second-order valence-electron chi connectivity index (χ2n) is 4.66. The zero-order chi connectivity index (χ0) is 17.0.